The van der Waals surface area contributed by atoms with E-state index in [1.165, 1.54) is 25.7 Å². The van der Waals surface area contributed by atoms with E-state index < -0.39 is 0 Å². The number of fused-ring (bicyclic) bond motifs is 1. The molecule has 1 aromatic heterocycles. The standard InChI is InChI=1S/C21H31N3O3/c1-12-18(14(3)25)13(2)24(23-12)10-8-17(26)22-20-16-9-11-27-21(16)19(20)15-6-4-5-7-15/h15-16,19-21H,4-11H2,1-3H3,(H,22,26)/t16-,19+,20+,21-/m1/s1. The van der Waals surface area contributed by atoms with E-state index in [-0.39, 0.29) is 17.7 Å². The minimum atomic E-state index is 0.0295. The minimum absolute atomic E-state index is 0.0295. The van der Waals surface area contributed by atoms with Crippen molar-refractivity contribution in [2.75, 3.05) is 6.61 Å². The number of ether oxygens (including phenoxy) is 1. The van der Waals surface area contributed by atoms with Crippen LogP contribution in [-0.2, 0) is 16.1 Å². The molecule has 0 unspecified atom stereocenters. The third-order valence-corrected chi connectivity index (χ3v) is 6.99. The highest BCUT2D eigenvalue weighted by molar-refractivity contribution is 5.96. The number of amides is 1. The maximum Gasteiger partial charge on any atom is 0.222 e. The summed E-state index contributed by atoms with van der Waals surface area (Å²) in [6.45, 7) is 6.66. The lowest BCUT2D eigenvalue weighted by molar-refractivity contribution is -0.130. The van der Waals surface area contributed by atoms with Crippen LogP contribution in [-0.4, -0.2) is 40.2 Å². The summed E-state index contributed by atoms with van der Waals surface area (Å²) in [6.07, 6.45) is 7.02. The number of nitrogens with zero attached hydrogens (tertiary/aromatic N) is 2. The van der Waals surface area contributed by atoms with Gasteiger partial charge in [-0.05, 0) is 33.1 Å². The third-order valence-electron chi connectivity index (χ3n) is 6.99. The predicted molar refractivity (Wildman–Crippen MR) is 102 cm³/mol. The molecule has 2 aliphatic carbocycles. The molecule has 3 fully saturated rings. The van der Waals surface area contributed by atoms with Gasteiger partial charge in [-0.15, -0.1) is 0 Å². The third kappa shape index (κ3) is 3.33. The molecule has 1 aliphatic heterocycles. The number of carbonyl (C=O) groups excluding carboxylic acids is 2. The van der Waals surface area contributed by atoms with Crippen molar-refractivity contribution in [1.82, 2.24) is 15.1 Å². The molecular formula is C21H31N3O3. The monoisotopic (exact) mass is 373 g/mol. The van der Waals surface area contributed by atoms with Crippen LogP contribution in [0.5, 0.6) is 0 Å². The van der Waals surface area contributed by atoms with Gasteiger partial charge in [0.25, 0.3) is 0 Å². The Morgan fingerprint density at radius 3 is 2.63 bits per heavy atom. The minimum Gasteiger partial charge on any atom is -0.377 e. The lowest BCUT2D eigenvalue weighted by Gasteiger charge is -2.50. The summed E-state index contributed by atoms with van der Waals surface area (Å²) in [6, 6.07) is 0.279. The van der Waals surface area contributed by atoms with Gasteiger partial charge in [0.05, 0.1) is 17.4 Å². The van der Waals surface area contributed by atoms with Gasteiger partial charge < -0.3 is 10.1 Å². The van der Waals surface area contributed by atoms with Gasteiger partial charge in [0.2, 0.25) is 5.91 Å². The number of ketones is 1. The van der Waals surface area contributed by atoms with E-state index >= 15 is 0 Å². The number of rotatable bonds is 6. The van der Waals surface area contributed by atoms with Gasteiger partial charge in [-0.2, -0.15) is 5.10 Å². The van der Waals surface area contributed by atoms with Gasteiger partial charge in [-0.3, -0.25) is 14.3 Å². The van der Waals surface area contributed by atoms with E-state index in [4.69, 9.17) is 4.74 Å². The Kier molecular flexibility index (Phi) is 5.10. The maximum atomic E-state index is 12.6. The van der Waals surface area contributed by atoms with Gasteiger partial charge in [-0.1, -0.05) is 25.7 Å². The van der Waals surface area contributed by atoms with Crippen LogP contribution in [0.15, 0.2) is 0 Å². The molecule has 6 heteroatoms. The first-order chi connectivity index (χ1) is 13.0. The van der Waals surface area contributed by atoms with Crippen LogP contribution in [0, 0.1) is 31.6 Å². The van der Waals surface area contributed by atoms with Gasteiger partial charge >= 0.3 is 0 Å². The van der Waals surface area contributed by atoms with Crippen LogP contribution >= 0.6 is 0 Å². The first-order valence-electron chi connectivity index (χ1n) is 10.4. The second-order valence-corrected chi connectivity index (χ2v) is 8.58. The first-order valence-corrected chi connectivity index (χ1v) is 10.4. The zero-order chi connectivity index (χ0) is 19.1. The summed E-state index contributed by atoms with van der Waals surface area (Å²) in [5.74, 6) is 1.83. The number of aryl methyl sites for hydroxylation is 2. The number of hydrogen-bond acceptors (Lipinski definition) is 4. The smallest absolute Gasteiger partial charge is 0.222 e. The number of Topliss-reactive ketones (excluding diaryl/α,β-unsaturated/α-hetero) is 1. The molecular weight excluding hydrogens is 342 g/mol. The van der Waals surface area contributed by atoms with Crippen LogP contribution in [0.1, 0.15) is 67.2 Å². The Labute approximate surface area is 161 Å². The number of aromatic nitrogens is 2. The van der Waals surface area contributed by atoms with E-state index in [0.717, 1.165) is 24.4 Å². The average Bonchev–Trinajstić information content (AvgIpc) is 3.32. The summed E-state index contributed by atoms with van der Waals surface area (Å²) >= 11 is 0. The highest BCUT2D eigenvalue weighted by Crippen LogP contribution is 2.51. The SMILES string of the molecule is CC(=O)c1c(C)nn(CCC(=O)N[C@H]2[C@H]3CCO[C@H]3[C@H]2C2CCCC2)c1C. The fourth-order valence-electron chi connectivity index (χ4n) is 5.75. The summed E-state index contributed by atoms with van der Waals surface area (Å²) in [5, 5.41) is 7.77. The highest BCUT2D eigenvalue weighted by Gasteiger charge is 2.56. The van der Waals surface area contributed by atoms with Crippen LogP contribution in [0.2, 0.25) is 0 Å². The van der Waals surface area contributed by atoms with Crippen molar-refractivity contribution in [2.45, 2.75) is 78.0 Å². The van der Waals surface area contributed by atoms with Crippen molar-refractivity contribution in [1.29, 1.82) is 0 Å². The number of nitrogens with one attached hydrogen (secondary N) is 1. The zero-order valence-corrected chi connectivity index (χ0v) is 16.7. The molecule has 0 bridgehead atoms. The predicted octanol–water partition coefficient (Wildman–Crippen LogP) is 2.80. The van der Waals surface area contributed by atoms with Gasteiger partial charge in [0.1, 0.15) is 0 Å². The van der Waals surface area contributed by atoms with Crippen LogP contribution in [0.4, 0.5) is 0 Å². The Morgan fingerprint density at radius 1 is 1.22 bits per heavy atom. The summed E-state index contributed by atoms with van der Waals surface area (Å²) < 4.78 is 7.77. The normalized spacial score (nSPS) is 30.2. The van der Waals surface area contributed by atoms with Crippen LogP contribution in [0.25, 0.3) is 0 Å². The highest BCUT2D eigenvalue weighted by atomic mass is 16.5. The summed E-state index contributed by atoms with van der Waals surface area (Å²) in [4.78, 5) is 24.4. The topological polar surface area (TPSA) is 73.2 Å². The van der Waals surface area contributed by atoms with Gasteiger partial charge in [0, 0.05) is 43.1 Å². The molecule has 27 heavy (non-hydrogen) atoms. The molecule has 4 atom stereocenters. The van der Waals surface area contributed by atoms with Crippen molar-refractivity contribution < 1.29 is 14.3 Å². The molecule has 4 rings (SSSR count). The van der Waals surface area contributed by atoms with Gasteiger partial charge in [0.15, 0.2) is 5.78 Å². The van der Waals surface area contributed by atoms with Crippen molar-refractivity contribution in [2.24, 2.45) is 17.8 Å². The summed E-state index contributed by atoms with van der Waals surface area (Å²) in [7, 11) is 0. The average molecular weight is 373 g/mol. The molecule has 1 saturated heterocycles. The number of carbonyl (C=O) groups is 2. The second-order valence-electron chi connectivity index (χ2n) is 8.58. The molecule has 3 aliphatic rings. The zero-order valence-electron chi connectivity index (χ0n) is 16.7. The molecule has 1 N–H and O–H groups in total. The lowest BCUT2D eigenvalue weighted by Crippen LogP contribution is -2.63. The van der Waals surface area contributed by atoms with Crippen molar-refractivity contribution >= 4 is 11.7 Å². The van der Waals surface area contributed by atoms with Crippen LogP contribution < -0.4 is 5.32 Å². The quantitative estimate of drug-likeness (QED) is 0.778. The van der Waals surface area contributed by atoms with Crippen molar-refractivity contribution in [3.05, 3.63) is 17.0 Å². The lowest BCUT2D eigenvalue weighted by atomic mass is 9.61. The Bertz CT molecular complexity index is 731. The van der Waals surface area contributed by atoms with Crippen LogP contribution in [0.3, 0.4) is 0 Å². The summed E-state index contributed by atoms with van der Waals surface area (Å²) in [5.41, 5.74) is 2.28. The molecule has 0 aromatic carbocycles. The Morgan fingerprint density at radius 2 is 1.96 bits per heavy atom. The van der Waals surface area contributed by atoms with E-state index in [9.17, 15) is 9.59 Å². The Balaban J connectivity index is 1.36. The fourth-order valence-corrected chi connectivity index (χ4v) is 5.75. The molecule has 2 heterocycles. The largest absolute Gasteiger partial charge is 0.377 e. The van der Waals surface area contributed by atoms with E-state index in [0.29, 0.717) is 42.4 Å². The molecule has 1 aromatic rings. The molecule has 0 radical (unpaired) electrons. The molecule has 1 amide bonds. The van der Waals surface area contributed by atoms with E-state index in [1.54, 1.807) is 11.6 Å². The fraction of sp³-hybridized carbons (Fsp3) is 0.762. The van der Waals surface area contributed by atoms with E-state index in [1.807, 2.05) is 13.8 Å². The molecule has 2 saturated carbocycles. The second kappa shape index (κ2) is 7.38. The van der Waals surface area contributed by atoms with E-state index in [2.05, 4.69) is 10.4 Å². The van der Waals surface area contributed by atoms with Gasteiger partial charge in [-0.25, -0.2) is 0 Å². The molecule has 148 valence electrons. The number of hydrogen-bond donors (Lipinski definition) is 1. The first kappa shape index (κ1) is 18.7. The maximum absolute atomic E-state index is 12.6. The van der Waals surface area contributed by atoms with Crippen molar-refractivity contribution in [3.63, 3.8) is 0 Å². The molecule has 6 nitrogen and oxygen atoms in total. The Hall–Kier alpha value is -1.69. The van der Waals surface area contributed by atoms with Crippen molar-refractivity contribution in [3.8, 4) is 0 Å². The molecule has 0 spiro atoms.